The molecule has 1 rings (SSSR count). The molecule has 84 valence electrons. The third kappa shape index (κ3) is 4.67. The molecule has 2 N–H and O–H groups in total. The molecule has 0 saturated heterocycles. The molecule has 0 saturated carbocycles. The van der Waals surface area contributed by atoms with Gasteiger partial charge in [0.25, 0.3) is 0 Å². The van der Waals surface area contributed by atoms with Crippen LogP contribution < -0.4 is 5.73 Å². The van der Waals surface area contributed by atoms with Crippen molar-refractivity contribution >= 4 is 21.6 Å². The Kier molecular flexibility index (Phi) is 4.61. The highest BCUT2D eigenvalue weighted by molar-refractivity contribution is 9.10. The maximum atomic E-state index is 5.79. The molecule has 0 bridgehead atoms. The summed E-state index contributed by atoms with van der Waals surface area (Å²) in [6, 6.07) is 6.07. The first kappa shape index (κ1) is 12.5. The first-order valence-electron chi connectivity index (χ1n) is 5.21. The Morgan fingerprint density at radius 3 is 2.53 bits per heavy atom. The molecule has 0 radical (unpaired) electrons. The van der Waals surface area contributed by atoms with E-state index in [0.29, 0.717) is 5.92 Å². The lowest BCUT2D eigenvalue weighted by Crippen LogP contribution is -2.22. The normalized spacial score (nSPS) is 11.3. The van der Waals surface area contributed by atoms with E-state index in [1.807, 2.05) is 12.1 Å². The molecule has 1 aromatic rings. The van der Waals surface area contributed by atoms with Crippen LogP contribution in [0, 0.1) is 5.92 Å². The first-order chi connectivity index (χ1) is 6.97. The summed E-state index contributed by atoms with van der Waals surface area (Å²) < 4.78 is 1.05. The van der Waals surface area contributed by atoms with Crippen molar-refractivity contribution < 1.29 is 0 Å². The van der Waals surface area contributed by atoms with E-state index in [4.69, 9.17) is 5.73 Å². The number of halogens is 1. The summed E-state index contributed by atoms with van der Waals surface area (Å²) in [6.07, 6.45) is 0. The minimum absolute atomic E-state index is 0.694. The van der Waals surface area contributed by atoms with Crippen molar-refractivity contribution in [1.82, 2.24) is 4.90 Å². The Morgan fingerprint density at radius 1 is 1.33 bits per heavy atom. The van der Waals surface area contributed by atoms with Gasteiger partial charge >= 0.3 is 0 Å². The zero-order valence-electron chi connectivity index (χ0n) is 9.63. The molecule has 0 aliphatic carbocycles. The third-order valence-electron chi connectivity index (χ3n) is 2.11. The summed E-state index contributed by atoms with van der Waals surface area (Å²) in [7, 11) is 2.14. The zero-order chi connectivity index (χ0) is 11.4. The lowest BCUT2D eigenvalue weighted by molar-refractivity contribution is 0.288. The molecule has 2 nitrogen and oxygen atoms in total. The van der Waals surface area contributed by atoms with E-state index in [2.05, 4.69) is 47.8 Å². The highest BCUT2D eigenvalue weighted by atomic mass is 79.9. The predicted molar refractivity (Wildman–Crippen MR) is 69.7 cm³/mol. The van der Waals surface area contributed by atoms with Crippen LogP contribution in [-0.2, 0) is 6.54 Å². The fourth-order valence-corrected chi connectivity index (χ4v) is 2.32. The van der Waals surface area contributed by atoms with Gasteiger partial charge in [-0.1, -0.05) is 29.8 Å². The topological polar surface area (TPSA) is 29.3 Å². The van der Waals surface area contributed by atoms with Crippen molar-refractivity contribution in [2.24, 2.45) is 5.92 Å². The van der Waals surface area contributed by atoms with Gasteiger partial charge in [0, 0.05) is 23.2 Å². The van der Waals surface area contributed by atoms with E-state index in [9.17, 15) is 0 Å². The SMILES string of the molecule is CC(C)CN(C)Cc1cc(N)cc(Br)c1. The standard InChI is InChI=1S/C12H19BrN2/c1-9(2)7-15(3)8-10-4-11(13)6-12(14)5-10/h4-6,9H,7-8,14H2,1-3H3. The van der Waals surface area contributed by atoms with Crippen molar-refractivity contribution in [2.75, 3.05) is 19.3 Å². The lowest BCUT2D eigenvalue weighted by atomic mass is 10.1. The van der Waals surface area contributed by atoms with Gasteiger partial charge < -0.3 is 10.6 Å². The van der Waals surface area contributed by atoms with E-state index in [1.54, 1.807) is 0 Å². The fraction of sp³-hybridized carbons (Fsp3) is 0.500. The molecule has 0 unspecified atom stereocenters. The highest BCUT2D eigenvalue weighted by Gasteiger charge is 2.04. The second kappa shape index (κ2) is 5.52. The zero-order valence-corrected chi connectivity index (χ0v) is 11.2. The van der Waals surface area contributed by atoms with Crippen LogP contribution >= 0.6 is 15.9 Å². The molecule has 0 aromatic heterocycles. The molecule has 1 aromatic carbocycles. The van der Waals surface area contributed by atoms with E-state index in [-0.39, 0.29) is 0 Å². The molecule has 0 aliphatic rings. The Labute approximate surface area is 101 Å². The number of anilines is 1. The summed E-state index contributed by atoms with van der Waals surface area (Å²) in [4.78, 5) is 2.31. The van der Waals surface area contributed by atoms with Gasteiger partial charge in [-0.15, -0.1) is 0 Å². The first-order valence-corrected chi connectivity index (χ1v) is 6.00. The van der Waals surface area contributed by atoms with E-state index < -0.39 is 0 Å². The van der Waals surface area contributed by atoms with Crippen LogP contribution in [0.25, 0.3) is 0 Å². The number of benzene rings is 1. The van der Waals surface area contributed by atoms with Crippen molar-refractivity contribution in [3.05, 3.63) is 28.2 Å². The van der Waals surface area contributed by atoms with Gasteiger partial charge in [-0.05, 0) is 36.7 Å². The van der Waals surface area contributed by atoms with Crippen molar-refractivity contribution in [3.63, 3.8) is 0 Å². The largest absolute Gasteiger partial charge is 0.399 e. The lowest BCUT2D eigenvalue weighted by Gasteiger charge is -2.19. The van der Waals surface area contributed by atoms with Gasteiger partial charge in [0.1, 0.15) is 0 Å². The smallest absolute Gasteiger partial charge is 0.0328 e. The van der Waals surface area contributed by atoms with Crippen LogP contribution in [0.15, 0.2) is 22.7 Å². The van der Waals surface area contributed by atoms with Crippen LogP contribution in [0.2, 0.25) is 0 Å². The van der Waals surface area contributed by atoms with Crippen LogP contribution in [0.3, 0.4) is 0 Å². The number of rotatable bonds is 4. The summed E-state index contributed by atoms with van der Waals surface area (Å²) in [5.41, 5.74) is 7.86. The van der Waals surface area contributed by atoms with Gasteiger partial charge in [0.15, 0.2) is 0 Å². The van der Waals surface area contributed by atoms with Crippen LogP contribution in [-0.4, -0.2) is 18.5 Å². The van der Waals surface area contributed by atoms with Gasteiger partial charge in [-0.2, -0.15) is 0 Å². The van der Waals surface area contributed by atoms with Crippen molar-refractivity contribution in [3.8, 4) is 0 Å². The molecule has 0 spiro atoms. The molecule has 0 fully saturated rings. The number of nitrogens with zero attached hydrogens (tertiary/aromatic N) is 1. The monoisotopic (exact) mass is 270 g/mol. The highest BCUT2D eigenvalue weighted by Crippen LogP contribution is 2.18. The van der Waals surface area contributed by atoms with E-state index in [0.717, 1.165) is 23.2 Å². The van der Waals surface area contributed by atoms with Crippen LogP contribution in [0.4, 0.5) is 5.69 Å². The quantitative estimate of drug-likeness (QED) is 0.852. The summed E-state index contributed by atoms with van der Waals surface area (Å²) in [5, 5.41) is 0. The number of hydrogen-bond donors (Lipinski definition) is 1. The van der Waals surface area contributed by atoms with Gasteiger partial charge in [0.05, 0.1) is 0 Å². The second-order valence-electron chi connectivity index (χ2n) is 4.48. The molecule has 0 amide bonds. The maximum absolute atomic E-state index is 5.79. The fourth-order valence-electron chi connectivity index (χ4n) is 1.77. The molecule has 0 heterocycles. The van der Waals surface area contributed by atoms with Crippen LogP contribution in [0.5, 0.6) is 0 Å². The molecular formula is C12H19BrN2. The maximum Gasteiger partial charge on any atom is 0.0328 e. The van der Waals surface area contributed by atoms with E-state index >= 15 is 0 Å². The summed E-state index contributed by atoms with van der Waals surface area (Å²) >= 11 is 3.46. The second-order valence-corrected chi connectivity index (χ2v) is 5.40. The van der Waals surface area contributed by atoms with Crippen molar-refractivity contribution in [1.29, 1.82) is 0 Å². The minimum Gasteiger partial charge on any atom is -0.399 e. The molecule has 15 heavy (non-hydrogen) atoms. The summed E-state index contributed by atoms with van der Waals surface area (Å²) in [5.74, 6) is 0.694. The van der Waals surface area contributed by atoms with Gasteiger partial charge in [-0.25, -0.2) is 0 Å². The molecule has 0 atom stereocenters. The van der Waals surface area contributed by atoms with E-state index in [1.165, 1.54) is 5.56 Å². The number of nitrogens with two attached hydrogens (primary N) is 1. The van der Waals surface area contributed by atoms with Gasteiger partial charge in [0.2, 0.25) is 0 Å². The predicted octanol–water partition coefficient (Wildman–Crippen LogP) is 3.12. The Balaban J connectivity index is 2.63. The molecular weight excluding hydrogens is 252 g/mol. The average molecular weight is 271 g/mol. The molecule has 3 heteroatoms. The Bertz CT molecular complexity index is 303. The third-order valence-corrected chi connectivity index (χ3v) is 2.57. The van der Waals surface area contributed by atoms with Crippen molar-refractivity contribution in [2.45, 2.75) is 20.4 Å². The van der Waals surface area contributed by atoms with Gasteiger partial charge in [-0.3, -0.25) is 0 Å². The molecule has 0 aliphatic heterocycles. The average Bonchev–Trinajstić information content (AvgIpc) is 1.98. The number of hydrogen-bond acceptors (Lipinski definition) is 2. The Morgan fingerprint density at radius 2 is 2.00 bits per heavy atom. The Hall–Kier alpha value is -0.540. The number of nitrogen functional groups attached to an aromatic ring is 1. The summed E-state index contributed by atoms with van der Waals surface area (Å²) in [6.45, 7) is 6.51. The van der Waals surface area contributed by atoms with Crippen LogP contribution in [0.1, 0.15) is 19.4 Å². The minimum atomic E-state index is 0.694.